The summed E-state index contributed by atoms with van der Waals surface area (Å²) in [5.74, 6) is -0.617. The summed E-state index contributed by atoms with van der Waals surface area (Å²) in [6.45, 7) is 0.683. The van der Waals surface area contributed by atoms with Gasteiger partial charge in [-0.1, -0.05) is 97.1 Å². The van der Waals surface area contributed by atoms with Crippen LogP contribution in [-0.4, -0.2) is 70.0 Å². The van der Waals surface area contributed by atoms with Crippen molar-refractivity contribution in [2.45, 2.75) is 50.5 Å². The molecule has 4 amide bonds. The summed E-state index contributed by atoms with van der Waals surface area (Å²) in [6.07, 6.45) is 4.26. The molecule has 256 valence electrons. The number of benzene rings is 4. The number of nitrogens with zero attached hydrogens (tertiary/aromatic N) is 2. The monoisotopic (exact) mass is 672 g/mol. The Balaban J connectivity index is 0.983. The lowest BCUT2D eigenvalue weighted by Crippen LogP contribution is -2.43. The second-order valence-electron chi connectivity index (χ2n) is 12.6. The van der Waals surface area contributed by atoms with Gasteiger partial charge in [-0.3, -0.25) is 19.3 Å². The number of aliphatic hydroxyl groups is 1. The first-order valence-electron chi connectivity index (χ1n) is 16.8. The smallest absolute Gasteiger partial charge is 0.410 e. The molecule has 0 aliphatic carbocycles. The van der Waals surface area contributed by atoms with Crippen LogP contribution in [0.25, 0.3) is 12.2 Å². The largest absolute Gasteiger partial charge is 0.445 e. The van der Waals surface area contributed by atoms with Crippen LogP contribution in [0, 0.1) is 0 Å². The highest BCUT2D eigenvalue weighted by atomic mass is 16.6. The molecule has 2 fully saturated rings. The molecule has 0 unspecified atom stereocenters. The average Bonchev–Trinajstić information content (AvgIpc) is 3.80. The number of hydrogen-bond acceptors (Lipinski definition) is 6. The lowest BCUT2D eigenvalue weighted by molar-refractivity contribution is -0.136. The quantitative estimate of drug-likeness (QED) is 0.185. The van der Waals surface area contributed by atoms with Crippen molar-refractivity contribution >= 4 is 47.3 Å². The van der Waals surface area contributed by atoms with Crippen LogP contribution in [0.3, 0.4) is 0 Å². The molecule has 3 atom stereocenters. The molecule has 3 N–H and O–H groups in total. The van der Waals surface area contributed by atoms with Gasteiger partial charge in [-0.05, 0) is 59.4 Å². The molecule has 10 nitrogen and oxygen atoms in total. The fourth-order valence-electron chi connectivity index (χ4n) is 6.27. The maximum Gasteiger partial charge on any atom is 0.410 e. The van der Waals surface area contributed by atoms with Gasteiger partial charge in [0.1, 0.15) is 18.7 Å². The van der Waals surface area contributed by atoms with Crippen LogP contribution in [0.15, 0.2) is 109 Å². The third kappa shape index (κ3) is 8.83. The van der Waals surface area contributed by atoms with E-state index in [-0.39, 0.29) is 37.8 Å². The van der Waals surface area contributed by atoms with Gasteiger partial charge in [0.25, 0.3) is 0 Å². The molecule has 4 aromatic carbocycles. The Morgan fingerprint density at radius 1 is 0.700 bits per heavy atom. The zero-order valence-corrected chi connectivity index (χ0v) is 27.6. The van der Waals surface area contributed by atoms with Crippen molar-refractivity contribution < 1.29 is 29.0 Å². The SMILES string of the molecule is O=C(Nc1ccc(/C=C/c2ccc(NC(=O)[C@@H]3C[C@@H](O)CN3C(=O)OCc3ccccc3)cc2)cc1)[C@@H]1CCCN1C(=O)Cc1ccccc1. The Morgan fingerprint density at radius 3 is 1.82 bits per heavy atom. The first kappa shape index (κ1) is 34.1. The van der Waals surface area contributed by atoms with E-state index in [9.17, 15) is 24.3 Å². The van der Waals surface area contributed by atoms with Gasteiger partial charge in [-0.15, -0.1) is 0 Å². The number of anilines is 2. The predicted molar refractivity (Wildman–Crippen MR) is 192 cm³/mol. The van der Waals surface area contributed by atoms with E-state index >= 15 is 0 Å². The van der Waals surface area contributed by atoms with Crippen LogP contribution in [0.1, 0.15) is 41.5 Å². The number of ether oxygens (including phenoxy) is 1. The van der Waals surface area contributed by atoms with E-state index in [4.69, 9.17) is 4.74 Å². The Morgan fingerprint density at radius 2 is 1.24 bits per heavy atom. The Kier molecular flexibility index (Phi) is 11.0. The molecule has 2 heterocycles. The van der Waals surface area contributed by atoms with Gasteiger partial charge in [0.05, 0.1) is 19.1 Å². The number of nitrogens with one attached hydrogen (secondary N) is 2. The minimum atomic E-state index is -0.847. The van der Waals surface area contributed by atoms with Crippen molar-refractivity contribution in [2.75, 3.05) is 23.7 Å². The van der Waals surface area contributed by atoms with E-state index in [1.807, 2.05) is 109 Å². The Bertz CT molecular complexity index is 1810. The van der Waals surface area contributed by atoms with Gasteiger partial charge in [0.2, 0.25) is 17.7 Å². The lowest BCUT2D eigenvalue weighted by Gasteiger charge is -2.24. The number of amides is 4. The van der Waals surface area contributed by atoms with Gasteiger partial charge >= 0.3 is 6.09 Å². The van der Waals surface area contributed by atoms with Gasteiger partial charge in [0, 0.05) is 24.3 Å². The molecule has 0 spiro atoms. The highest BCUT2D eigenvalue weighted by Gasteiger charge is 2.40. The molecular formula is C40H40N4O6. The first-order chi connectivity index (χ1) is 24.3. The summed E-state index contributed by atoms with van der Waals surface area (Å²) in [4.78, 5) is 54.8. The van der Waals surface area contributed by atoms with Crippen molar-refractivity contribution in [1.29, 1.82) is 0 Å². The van der Waals surface area contributed by atoms with Crippen LogP contribution in [-0.2, 0) is 32.1 Å². The average molecular weight is 673 g/mol. The third-order valence-electron chi connectivity index (χ3n) is 8.92. The van der Waals surface area contributed by atoms with Gasteiger partial charge in [0.15, 0.2) is 0 Å². The van der Waals surface area contributed by atoms with Gasteiger partial charge < -0.3 is 25.4 Å². The van der Waals surface area contributed by atoms with E-state index in [1.165, 1.54) is 4.90 Å². The van der Waals surface area contributed by atoms with Crippen LogP contribution < -0.4 is 10.6 Å². The predicted octanol–water partition coefficient (Wildman–Crippen LogP) is 5.74. The molecule has 10 heteroatoms. The fraction of sp³-hybridized carbons (Fsp3) is 0.250. The Hall–Kier alpha value is -5.74. The second kappa shape index (κ2) is 16.1. The van der Waals surface area contributed by atoms with E-state index in [0.29, 0.717) is 24.3 Å². The number of likely N-dealkylation sites (tertiary alicyclic amines) is 2. The molecular weight excluding hydrogens is 632 g/mol. The van der Waals surface area contributed by atoms with E-state index in [1.54, 1.807) is 17.0 Å². The van der Waals surface area contributed by atoms with Crippen molar-refractivity contribution in [2.24, 2.45) is 0 Å². The summed E-state index contributed by atoms with van der Waals surface area (Å²) in [5.41, 5.74) is 4.82. The number of β-amino-alcohol motifs (C(OH)–C–C–N with tert-alkyl or cyclic N) is 1. The Labute approximate surface area is 291 Å². The lowest BCUT2D eigenvalue weighted by atomic mass is 10.1. The van der Waals surface area contributed by atoms with E-state index < -0.39 is 30.2 Å². The van der Waals surface area contributed by atoms with E-state index in [2.05, 4.69) is 10.6 Å². The fourth-order valence-corrected chi connectivity index (χ4v) is 6.27. The van der Waals surface area contributed by atoms with Crippen molar-refractivity contribution in [3.8, 4) is 0 Å². The number of hydrogen-bond donors (Lipinski definition) is 3. The van der Waals surface area contributed by atoms with E-state index in [0.717, 1.165) is 28.7 Å². The van der Waals surface area contributed by atoms with Crippen molar-refractivity contribution in [3.05, 3.63) is 131 Å². The molecule has 0 radical (unpaired) electrons. The summed E-state index contributed by atoms with van der Waals surface area (Å²) >= 11 is 0. The minimum Gasteiger partial charge on any atom is -0.445 e. The minimum absolute atomic E-state index is 0.0259. The molecule has 6 rings (SSSR count). The number of carbonyl (C=O) groups excluding carboxylic acids is 4. The third-order valence-corrected chi connectivity index (χ3v) is 8.92. The molecule has 50 heavy (non-hydrogen) atoms. The molecule has 0 aromatic heterocycles. The van der Waals surface area contributed by atoms with Gasteiger partial charge in [-0.2, -0.15) is 0 Å². The first-order valence-corrected chi connectivity index (χ1v) is 16.8. The zero-order chi connectivity index (χ0) is 34.9. The van der Waals surface area contributed by atoms with Crippen LogP contribution in [0.5, 0.6) is 0 Å². The standard InChI is InChI=1S/C40H40N4O6/c45-34-25-36(44(26-34)40(49)50-27-31-10-5-2-6-11-31)39(48)42-33-21-17-29(18-22-33)14-13-28-15-19-32(20-16-28)41-38(47)35-12-7-23-43(35)37(46)24-30-8-3-1-4-9-30/h1-6,8-11,13-22,34-36,45H,7,12,23-27H2,(H,41,47)(H,42,48)/b14-13+/t34-,35+,36+/m1/s1. The highest BCUT2D eigenvalue weighted by molar-refractivity contribution is 5.98. The maximum absolute atomic E-state index is 13.1. The summed E-state index contributed by atoms with van der Waals surface area (Å²) in [7, 11) is 0. The maximum atomic E-state index is 13.1. The number of aliphatic hydroxyl groups excluding tert-OH is 1. The topological polar surface area (TPSA) is 128 Å². The molecule has 2 saturated heterocycles. The number of carbonyl (C=O) groups is 4. The highest BCUT2D eigenvalue weighted by Crippen LogP contribution is 2.23. The molecule has 2 aliphatic rings. The van der Waals surface area contributed by atoms with Crippen molar-refractivity contribution in [1.82, 2.24) is 9.80 Å². The molecule has 2 aliphatic heterocycles. The summed E-state index contributed by atoms with van der Waals surface area (Å²) < 4.78 is 5.40. The molecule has 0 bridgehead atoms. The van der Waals surface area contributed by atoms with Gasteiger partial charge in [-0.25, -0.2) is 4.79 Å². The summed E-state index contributed by atoms with van der Waals surface area (Å²) in [6, 6.07) is 32.3. The molecule has 4 aromatic rings. The van der Waals surface area contributed by atoms with Crippen LogP contribution in [0.4, 0.5) is 16.2 Å². The van der Waals surface area contributed by atoms with Crippen LogP contribution in [0.2, 0.25) is 0 Å². The molecule has 0 saturated carbocycles. The van der Waals surface area contributed by atoms with Crippen LogP contribution >= 0.6 is 0 Å². The summed E-state index contributed by atoms with van der Waals surface area (Å²) in [5, 5.41) is 16.0. The second-order valence-corrected chi connectivity index (χ2v) is 12.6. The zero-order valence-electron chi connectivity index (χ0n) is 27.6. The number of rotatable bonds is 10. The normalized spacial score (nSPS) is 18.6. The van der Waals surface area contributed by atoms with Crippen molar-refractivity contribution in [3.63, 3.8) is 0 Å².